The molecule has 0 radical (unpaired) electrons. The Bertz CT molecular complexity index is 313. The topological polar surface area (TPSA) is 134 Å². The Kier molecular flexibility index (Phi) is 6.18. The van der Waals surface area contributed by atoms with E-state index >= 15 is 0 Å². The predicted octanol–water partition coefficient (Wildman–Crippen LogP) is -0.768. The van der Waals surface area contributed by atoms with Gasteiger partial charge in [0.05, 0.1) is 6.61 Å². The van der Waals surface area contributed by atoms with Gasteiger partial charge in [-0.05, 0) is 0 Å². The molecule has 84 valence electrons. The number of carboxylic acids is 2. The number of rotatable bonds is 3. The van der Waals surface area contributed by atoms with Crippen molar-refractivity contribution in [3.05, 3.63) is 16.6 Å². The maximum atomic E-state index is 10.0. The van der Waals surface area contributed by atoms with Gasteiger partial charge in [-0.25, -0.2) is 9.78 Å². The quantitative estimate of drug-likeness (QED) is 0.539. The van der Waals surface area contributed by atoms with Crippen molar-refractivity contribution in [3.8, 4) is 0 Å². The first-order valence-corrected chi connectivity index (χ1v) is 4.59. The largest absolute Gasteiger partial charge is 0.480 e. The third-order valence-corrected chi connectivity index (χ3v) is 1.89. The molecule has 0 fully saturated rings. The van der Waals surface area contributed by atoms with Crippen molar-refractivity contribution >= 4 is 23.3 Å². The van der Waals surface area contributed by atoms with Crippen LogP contribution in [0.15, 0.2) is 11.6 Å². The van der Waals surface area contributed by atoms with E-state index in [1.165, 1.54) is 6.20 Å². The summed E-state index contributed by atoms with van der Waals surface area (Å²) in [6, 6.07) is -1.13. The molecule has 0 saturated heterocycles. The van der Waals surface area contributed by atoms with Crippen LogP contribution in [0, 0.1) is 0 Å². The normalized spacial score (nSPS) is 11.1. The number of aliphatic hydroxyl groups excluding tert-OH is 1. The van der Waals surface area contributed by atoms with Crippen molar-refractivity contribution in [2.24, 2.45) is 5.73 Å². The summed E-state index contributed by atoms with van der Waals surface area (Å²) >= 11 is 1.12. The van der Waals surface area contributed by atoms with Crippen LogP contribution in [0.4, 0.5) is 0 Å². The van der Waals surface area contributed by atoms with E-state index < -0.39 is 24.6 Å². The standard InChI is InChI=1S/C4H3NO2S.C3H7NO3/c6-4(7)3-5-1-2-8-3;4-2(1-5)3(6)7/h1-2H,(H,6,7);2,5H,1,4H2,(H,6,7)/t;2-/m.0/s1. The highest BCUT2D eigenvalue weighted by Crippen LogP contribution is 2.01. The van der Waals surface area contributed by atoms with E-state index in [0.29, 0.717) is 0 Å². The molecule has 5 N–H and O–H groups in total. The monoisotopic (exact) mass is 234 g/mol. The lowest BCUT2D eigenvalue weighted by molar-refractivity contribution is -0.139. The molecule has 7 nitrogen and oxygen atoms in total. The molecule has 15 heavy (non-hydrogen) atoms. The van der Waals surface area contributed by atoms with E-state index in [1.54, 1.807) is 5.38 Å². The fourth-order valence-electron chi connectivity index (χ4n) is 0.407. The van der Waals surface area contributed by atoms with Gasteiger partial charge in [0, 0.05) is 11.6 Å². The highest BCUT2D eigenvalue weighted by Gasteiger charge is 2.07. The Morgan fingerprint density at radius 3 is 2.27 bits per heavy atom. The van der Waals surface area contributed by atoms with Crippen molar-refractivity contribution in [1.82, 2.24) is 4.98 Å². The molecule has 0 aliphatic heterocycles. The summed E-state index contributed by atoms with van der Waals surface area (Å²) in [5, 5.41) is 25.9. The van der Waals surface area contributed by atoms with Crippen molar-refractivity contribution in [2.45, 2.75) is 6.04 Å². The summed E-state index contributed by atoms with van der Waals surface area (Å²) in [5.74, 6) is -2.14. The molecule has 0 spiro atoms. The van der Waals surface area contributed by atoms with Gasteiger partial charge in [-0.2, -0.15) is 0 Å². The lowest BCUT2D eigenvalue weighted by Crippen LogP contribution is -2.33. The average Bonchev–Trinajstić information content (AvgIpc) is 2.70. The van der Waals surface area contributed by atoms with Gasteiger partial charge >= 0.3 is 11.9 Å². The number of thiazole rings is 1. The number of aliphatic carboxylic acids is 1. The molecule has 8 heteroatoms. The van der Waals surface area contributed by atoms with Crippen LogP contribution < -0.4 is 5.73 Å². The second-order valence-electron chi connectivity index (χ2n) is 2.27. The van der Waals surface area contributed by atoms with Gasteiger partial charge in [0.2, 0.25) is 5.01 Å². The molecule has 0 aliphatic carbocycles. The number of hydrogen-bond acceptors (Lipinski definition) is 6. The molecular formula is C7H10N2O5S. The third kappa shape index (κ3) is 5.73. The predicted molar refractivity (Wildman–Crippen MR) is 51.8 cm³/mol. The van der Waals surface area contributed by atoms with Gasteiger partial charge in [0.15, 0.2) is 0 Å². The van der Waals surface area contributed by atoms with Crippen LogP contribution in [-0.4, -0.2) is 44.9 Å². The van der Waals surface area contributed by atoms with Crippen LogP contribution in [0.25, 0.3) is 0 Å². The summed E-state index contributed by atoms with van der Waals surface area (Å²) < 4.78 is 0. The third-order valence-electron chi connectivity index (χ3n) is 1.13. The van der Waals surface area contributed by atoms with Crippen LogP contribution in [0.5, 0.6) is 0 Å². The first-order chi connectivity index (χ1) is 6.99. The minimum Gasteiger partial charge on any atom is -0.480 e. The lowest BCUT2D eigenvalue weighted by Gasteiger charge is -1.96. The summed E-state index contributed by atoms with van der Waals surface area (Å²) in [4.78, 5) is 23.2. The Hall–Kier alpha value is -1.51. The molecule has 1 heterocycles. The molecule has 1 rings (SSSR count). The minimum atomic E-state index is -1.18. The number of aromatic nitrogens is 1. The summed E-state index contributed by atoms with van der Waals surface area (Å²) in [6.07, 6.45) is 1.47. The fourth-order valence-corrected chi connectivity index (χ4v) is 0.880. The van der Waals surface area contributed by atoms with Gasteiger partial charge in [-0.15, -0.1) is 11.3 Å². The summed E-state index contributed by atoms with van der Waals surface area (Å²) in [7, 11) is 0. The number of nitrogens with two attached hydrogens (primary N) is 1. The molecule has 1 aromatic heterocycles. The molecule has 0 bridgehead atoms. The van der Waals surface area contributed by atoms with Gasteiger partial charge in [0.25, 0.3) is 0 Å². The number of aliphatic hydroxyl groups is 1. The Balaban J connectivity index is 0.000000265. The van der Waals surface area contributed by atoms with Crippen LogP contribution in [-0.2, 0) is 4.79 Å². The zero-order valence-corrected chi connectivity index (χ0v) is 8.35. The number of nitrogens with zero attached hydrogens (tertiary/aromatic N) is 1. The molecule has 0 aliphatic rings. The summed E-state index contributed by atoms with van der Waals surface area (Å²) in [6.45, 7) is -0.505. The smallest absolute Gasteiger partial charge is 0.364 e. The number of carboxylic acid groups (broad SMARTS) is 2. The van der Waals surface area contributed by atoms with Gasteiger partial charge in [0.1, 0.15) is 6.04 Å². The zero-order valence-electron chi connectivity index (χ0n) is 7.53. The van der Waals surface area contributed by atoms with Crippen molar-refractivity contribution in [3.63, 3.8) is 0 Å². The van der Waals surface area contributed by atoms with Crippen LogP contribution >= 0.6 is 11.3 Å². The van der Waals surface area contributed by atoms with Crippen LogP contribution in [0.2, 0.25) is 0 Å². The molecule has 1 aromatic rings. The molecular weight excluding hydrogens is 224 g/mol. The average molecular weight is 234 g/mol. The molecule has 1 atom stereocenters. The number of aromatic carboxylic acids is 1. The van der Waals surface area contributed by atoms with Crippen LogP contribution in [0.3, 0.4) is 0 Å². The second-order valence-corrected chi connectivity index (χ2v) is 3.16. The Morgan fingerprint density at radius 1 is 1.53 bits per heavy atom. The van der Waals surface area contributed by atoms with Crippen LogP contribution in [0.1, 0.15) is 9.80 Å². The second kappa shape index (κ2) is 6.87. The molecule has 0 saturated carbocycles. The zero-order chi connectivity index (χ0) is 11.8. The first kappa shape index (κ1) is 13.5. The maximum absolute atomic E-state index is 10.0. The Morgan fingerprint density at radius 2 is 2.13 bits per heavy atom. The van der Waals surface area contributed by atoms with E-state index in [1.807, 2.05) is 0 Å². The van der Waals surface area contributed by atoms with E-state index in [-0.39, 0.29) is 5.01 Å². The Labute approximate surface area is 88.8 Å². The highest BCUT2D eigenvalue weighted by molar-refractivity contribution is 7.11. The SMILES string of the molecule is N[C@@H](CO)C(=O)O.O=C(O)c1nccs1. The van der Waals surface area contributed by atoms with Crippen molar-refractivity contribution < 1.29 is 24.9 Å². The molecule has 0 amide bonds. The highest BCUT2D eigenvalue weighted by atomic mass is 32.1. The van der Waals surface area contributed by atoms with Gasteiger partial charge < -0.3 is 21.1 Å². The molecule has 0 aromatic carbocycles. The number of hydrogen-bond donors (Lipinski definition) is 4. The van der Waals surface area contributed by atoms with Crippen molar-refractivity contribution in [2.75, 3.05) is 6.61 Å². The summed E-state index contributed by atoms with van der Waals surface area (Å²) in [5.41, 5.74) is 4.77. The van der Waals surface area contributed by atoms with E-state index in [0.717, 1.165) is 11.3 Å². The van der Waals surface area contributed by atoms with E-state index in [4.69, 9.17) is 21.1 Å². The fraction of sp³-hybridized carbons (Fsp3) is 0.286. The van der Waals surface area contributed by atoms with Crippen molar-refractivity contribution in [1.29, 1.82) is 0 Å². The minimum absolute atomic E-state index is 0.144. The van der Waals surface area contributed by atoms with E-state index in [2.05, 4.69) is 4.98 Å². The van der Waals surface area contributed by atoms with Gasteiger partial charge in [-0.3, -0.25) is 4.79 Å². The number of carbonyl (C=O) groups is 2. The van der Waals surface area contributed by atoms with Gasteiger partial charge in [-0.1, -0.05) is 0 Å². The maximum Gasteiger partial charge on any atom is 0.364 e. The lowest BCUT2D eigenvalue weighted by atomic mass is 10.3. The van der Waals surface area contributed by atoms with E-state index in [9.17, 15) is 9.59 Å². The first-order valence-electron chi connectivity index (χ1n) is 3.71. The molecule has 0 unspecified atom stereocenters.